The molecule has 2 heterocycles. The van der Waals surface area contributed by atoms with Gasteiger partial charge in [0.05, 0.1) is 5.25 Å². The Labute approximate surface area is 135 Å². The van der Waals surface area contributed by atoms with Gasteiger partial charge in [-0.2, -0.15) is 16.7 Å². The lowest BCUT2D eigenvalue weighted by atomic mass is 10.1. The summed E-state index contributed by atoms with van der Waals surface area (Å²) in [5, 5.41) is 10.4. The monoisotopic (exact) mass is 366 g/mol. The lowest BCUT2D eigenvalue weighted by Gasteiger charge is -2.20. The zero-order chi connectivity index (χ0) is 14.8. The van der Waals surface area contributed by atoms with Crippen LogP contribution in [-0.4, -0.2) is 20.8 Å². The summed E-state index contributed by atoms with van der Waals surface area (Å²) in [4.78, 5) is 19.4. The Morgan fingerprint density at radius 2 is 2.24 bits per heavy atom. The molecule has 1 aromatic carbocycles. The van der Waals surface area contributed by atoms with Crippen LogP contribution in [0.4, 0.5) is 0 Å². The molecule has 3 rings (SSSR count). The normalized spacial score (nSPS) is 18.6. The molecule has 0 radical (unpaired) electrons. The van der Waals surface area contributed by atoms with Crippen molar-refractivity contribution in [1.82, 2.24) is 9.97 Å². The van der Waals surface area contributed by atoms with Crippen LogP contribution >= 0.6 is 27.7 Å². The van der Waals surface area contributed by atoms with E-state index in [-0.39, 0.29) is 22.3 Å². The molecule has 1 fully saturated rings. The standard InChI is InChI=1S/C15H15BrN2O2S/c16-10-5-3-4-9(8-10)12-14(19)17-13(18-15(12)20)11-6-1-2-7-21-11/h3-5,8,11H,1-2,6-7H2,(H2,17,18,19,20). The molecular weight excluding hydrogens is 352 g/mol. The molecular formula is C15H15BrN2O2S. The highest BCUT2D eigenvalue weighted by molar-refractivity contribution is 9.10. The molecule has 110 valence electrons. The van der Waals surface area contributed by atoms with Gasteiger partial charge in [0.1, 0.15) is 11.4 Å². The average molecular weight is 367 g/mol. The predicted octanol–water partition coefficient (Wildman–Crippen LogP) is 3.86. The molecule has 1 unspecified atom stereocenters. The molecule has 0 spiro atoms. The number of halogens is 1. The van der Waals surface area contributed by atoms with Crippen molar-refractivity contribution in [2.45, 2.75) is 24.5 Å². The van der Waals surface area contributed by atoms with Crippen molar-refractivity contribution in [2.75, 3.05) is 5.75 Å². The van der Waals surface area contributed by atoms with Gasteiger partial charge in [0.15, 0.2) is 0 Å². The Balaban J connectivity index is 2.02. The van der Waals surface area contributed by atoms with Crippen LogP contribution in [0.2, 0.25) is 0 Å². The summed E-state index contributed by atoms with van der Waals surface area (Å²) < 4.78 is 0.853. The minimum absolute atomic E-state index is 0.175. The van der Waals surface area contributed by atoms with Crippen molar-refractivity contribution in [3.63, 3.8) is 0 Å². The van der Waals surface area contributed by atoms with Crippen molar-refractivity contribution >= 4 is 27.7 Å². The molecule has 6 heteroatoms. The Hall–Kier alpha value is -1.27. The van der Waals surface area contributed by atoms with Crippen molar-refractivity contribution < 1.29 is 5.11 Å². The van der Waals surface area contributed by atoms with Gasteiger partial charge in [-0.15, -0.1) is 0 Å². The highest BCUT2D eigenvalue weighted by atomic mass is 79.9. The van der Waals surface area contributed by atoms with Gasteiger partial charge in [-0.25, -0.2) is 0 Å². The topological polar surface area (TPSA) is 66.0 Å². The molecule has 0 bridgehead atoms. The fourth-order valence-electron chi connectivity index (χ4n) is 2.49. The summed E-state index contributed by atoms with van der Waals surface area (Å²) in [6.07, 6.45) is 3.33. The van der Waals surface area contributed by atoms with Crippen LogP contribution in [0.25, 0.3) is 11.1 Å². The van der Waals surface area contributed by atoms with Crippen LogP contribution in [0.1, 0.15) is 30.3 Å². The summed E-state index contributed by atoms with van der Waals surface area (Å²) in [7, 11) is 0. The van der Waals surface area contributed by atoms with Crippen molar-refractivity contribution in [1.29, 1.82) is 0 Å². The minimum atomic E-state index is -0.290. The van der Waals surface area contributed by atoms with Crippen LogP contribution in [0, 0.1) is 0 Å². The largest absolute Gasteiger partial charge is 0.493 e. The summed E-state index contributed by atoms with van der Waals surface area (Å²) in [6, 6.07) is 7.27. The SMILES string of the molecule is O=c1[nH]c(C2CCCCS2)nc(O)c1-c1cccc(Br)c1. The molecule has 1 aliphatic heterocycles. The summed E-state index contributed by atoms with van der Waals surface area (Å²) in [5.41, 5.74) is 0.584. The summed E-state index contributed by atoms with van der Waals surface area (Å²) in [5.74, 6) is 1.46. The van der Waals surface area contributed by atoms with Gasteiger partial charge in [0.2, 0.25) is 5.88 Å². The van der Waals surface area contributed by atoms with E-state index >= 15 is 0 Å². The first-order valence-corrected chi connectivity index (χ1v) is 8.70. The lowest BCUT2D eigenvalue weighted by molar-refractivity contribution is 0.448. The zero-order valence-electron chi connectivity index (χ0n) is 11.3. The van der Waals surface area contributed by atoms with E-state index in [0.29, 0.717) is 11.4 Å². The van der Waals surface area contributed by atoms with E-state index in [1.807, 2.05) is 12.1 Å². The van der Waals surface area contributed by atoms with Gasteiger partial charge in [0.25, 0.3) is 5.56 Å². The van der Waals surface area contributed by atoms with E-state index in [1.165, 1.54) is 6.42 Å². The molecule has 1 saturated heterocycles. The highest BCUT2D eigenvalue weighted by Gasteiger charge is 2.21. The van der Waals surface area contributed by atoms with Crippen LogP contribution < -0.4 is 5.56 Å². The second-order valence-corrected chi connectivity index (χ2v) is 7.24. The van der Waals surface area contributed by atoms with Crippen LogP contribution in [-0.2, 0) is 0 Å². The van der Waals surface area contributed by atoms with Gasteiger partial charge >= 0.3 is 0 Å². The van der Waals surface area contributed by atoms with Crippen LogP contribution in [0.3, 0.4) is 0 Å². The molecule has 0 amide bonds. The third-order valence-corrected chi connectivity index (χ3v) is 5.40. The van der Waals surface area contributed by atoms with Gasteiger partial charge in [-0.3, -0.25) is 4.79 Å². The van der Waals surface area contributed by atoms with Gasteiger partial charge in [0, 0.05) is 4.47 Å². The van der Waals surface area contributed by atoms with Crippen molar-refractivity contribution in [2.24, 2.45) is 0 Å². The summed E-state index contributed by atoms with van der Waals surface area (Å²) in [6.45, 7) is 0. The highest BCUT2D eigenvalue weighted by Crippen LogP contribution is 2.37. The molecule has 0 saturated carbocycles. The number of nitrogens with one attached hydrogen (secondary N) is 1. The van der Waals surface area contributed by atoms with Gasteiger partial charge in [-0.05, 0) is 36.3 Å². The fourth-order valence-corrected chi connectivity index (χ4v) is 4.15. The second kappa shape index (κ2) is 6.23. The van der Waals surface area contributed by atoms with E-state index in [0.717, 1.165) is 23.1 Å². The third kappa shape index (κ3) is 3.16. The third-order valence-electron chi connectivity index (χ3n) is 3.52. The summed E-state index contributed by atoms with van der Waals surface area (Å²) >= 11 is 5.15. The molecule has 0 aliphatic carbocycles. The van der Waals surface area contributed by atoms with Crippen LogP contribution in [0.15, 0.2) is 33.5 Å². The predicted molar refractivity (Wildman–Crippen MR) is 88.7 cm³/mol. The number of H-pyrrole nitrogens is 1. The lowest BCUT2D eigenvalue weighted by Crippen LogP contribution is -2.17. The smallest absolute Gasteiger partial charge is 0.262 e. The number of nitrogens with zero attached hydrogens (tertiary/aromatic N) is 1. The average Bonchev–Trinajstić information content (AvgIpc) is 2.47. The number of aromatic hydroxyl groups is 1. The Bertz CT molecular complexity index is 711. The van der Waals surface area contributed by atoms with E-state index < -0.39 is 0 Å². The van der Waals surface area contributed by atoms with E-state index in [1.54, 1.807) is 23.9 Å². The first-order valence-electron chi connectivity index (χ1n) is 6.86. The number of benzene rings is 1. The number of hydrogen-bond donors (Lipinski definition) is 2. The molecule has 1 aliphatic rings. The van der Waals surface area contributed by atoms with Crippen LogP contribution in [0.5, 0.6) is 5.88 Å². The number of rotatable bonds is 2. The van der Waals surface area contributed by atoms with E-state index in [9.17, 15) is 9.90 Å². The number of hydrogen-bond acceptors (Lipinski definition) is 4. The molecule has 1 aromatic heterocycles. The van der Waals surface area contributed by atoms with Crippen molar-refractivity contribution in [3.05, 3.63) is 44.9 Å². The molecule has 1 atom stereocenters. The number of thioether (sulfide) groups is 1. The molecule has 2 aromatic rings. The van der Waals surface area contributed by atoms with E-state index in [2.05, 4.69) is 25.9 Å². The maximum Gasteiger partial charge on any atom is 0.262 e. The molecule has 21 heavy (non-hydrogen) atoms. The Morgan fingerprint density at radius 1 is 1.38 bits per heavy atom. The van der Waals surface area contributed by atoms with Crippen molar-refractivity contribution in [3.8, 4) is 17.0 Å². The zero-order valence-corrected chi connectivity index (χ0v) is 13.7. The van der Waals surface area contributed by atoms with Gasteiger partial charge in [-0.1, -0.05) is 34.5 Å². The van der Waals surface area contributed by atoms with Gasteiger partial charge < -0.3 is 10.1 Å². The van der Waals surface area contributed by atoms with E-state index in [4.69, 9.17) is 0 Å². The maximum absolute atomic E-state index is 12.3. The fraction of sp³-hybridized carbons (Fsp3) is 0.333. The maximum atomic E-state index is 12.3. The second-order valence-electron chi connectivity index (χ2n) is 5.02. The quantitative estimate of drug-likeness (QED) is 0.846. The Kier molecular flexibility index (Phi) is 4.35. The number of aromatic nitrogens is 2. The molecule has 2 N–H and O–H groups in total. The Morgan fingerprint density at radius 3 is 2.90 bits per heavy atom. The molecule has 4 nitrogen and oxygen atoms in total. The first kappa shape index (κ1) is 14.7. The number of aromatic amines is 1. The first-order chi connectivity index (χ1) is 10.1. The minimum Gasteiger partial charge on any atom is -0.493 e.